The number of nitrogens with two attached hydrogens (primary N) is 1. The first kappa shape index (κ1) is 18.3. The quantitative estimate of drug-likeness (QED) is 0.892. The van der Waals surface area contributed by atoms with E-state index in [1.807, 2.05) is 44.2 Å². The monoisotopic (exact) mass is 333 g/mol. The lowest BCUT2D eigenvalue weighted by atomic mass is 10.0. The van der Waals surface area contributed by atoms with Gasteiger partial charge in [-0.2, -0.15) is 0 Å². The first-order chi connectivity index (χ1) is 11.4. The first-order valence-corrected chi connectivity index (χ1v) is 8.38. The highest BCUT2D eigenvalue weighted by molar-refractivity contribution is 5.82. The minimum absolute atomic E-state index is 0.0309. The Kier molecular flexibility index (Phi) is 6.20. The number of hydrogen-bond donors (Lipinski definition) is 1. The third-order valence-corrected chi connectivity index (χ3v) is 4.52. The van der Waals surface area contributed by atoms with E-state index in [4.69, 9.17) is 10.5 Å². The Morgan fingerprint density at radius 2 is 2.00 bits per heavy atom. The molecule has 2 atom stereocenters. The van der Waals surface area contributed by atoms with Crippen LogP contribution in [0.25, 0.3) is 0 Å². The van der Waals surface area contributed by atoms with Gasteiger partial charge in [0.2, 0.25) is 5.91 Å². The fraction of sp³-hybridized carbons (Fsp3) is 0.556. The van der Waals surface area contributed by atoms with E-state index in [1.54, 1.807) is 16.8 Å². The smallest absolute Gasteiger partial charge is 0.410 e. The summed E-state index contributed by atoms with van der Waals surface area (Å²) in [5.41, 5.74) is 6.89. The predicted molar refractivity (Wildman–Crippen MR) is 92.2 cm³/mol. The SMILES string of the molecule is CC(C)[C@H](N)C(=O)N1CC[C@@H](N(C)C(=O)OCc2ccccc2)C1. The van der Waals surface area contributed by atoms with E-state index in [9.17, 15) is 9.59 Å². The third-order valence-electron chi connectivity index (χ3n) is 4.52. The molecule has 0 radical (unpaired) electrons. The number of rotatable bonds is 5. The minimum Gasteiger partial charge on any atom is -0.445 e. The van der Waals surface area contributed by atoms with Crippen LogP contribution in [0.2, 0.25) is 0 Å². The number of hydrogen-bond acceptors (Lipinski definition) is 4. The molecule has 0 aromatic heterocycles. The Balaban J connectivity index is 1.83. The zero-order valence-corrected chi connectivity index (χ0v) is 14.6. The summed E-state index contributed by atoms with van der Waals surface area (Å²) < 4.78 is 5.34. The normalized spacial score (nSPS) is 18.5. The van der Waals surface area contributed by atoms with E-state index >= 15 is 0 Å². The summed E-state index contributed by atoms with van der Waals surface area (Å²) in [5.74, 6) is 0.0590. The van der Waals surface area contributed by atoms with Crippen molar-refractivity contribution in [1.82, 2.24) is 9.80 Å². The Labute approximate surface area is 143 Å². The molecule has 132 valence electrons. The molecule has 2 N–H and O–H groups in total. The van der Waals surface area contributed by atoms with Crippen molar-refractivity contribution in [2.24, 2.45) is 11.7 Å². The molecule has 0 aliphatic carbocycles. The number of amides is 2. The number of likely N-dealkylation sites (tertiary alicyclic amines) is 1. The zero-order chi connectivity index (χ0) is 17.7. The summed E-state index contributed by atoms with van der Waals surface area (Å²) in [6, 6.07) is 9.04. The third kappa shape index (κ3) is 4.47. The van der Waals surface area contributed by atoms with Crippen LogP contribution in [-0.2, 0) is 16.1 Å². The molecule has 0 spiro atoms. The minimum atomic E-state index is -0.487. The van der Waals surface area contributed by atoms with Gasteiger partial charge in [0.1, 0.15) is 6.61 Å². The summed E-state index contributed by atoms with van der Waals surface area (Å²) in [5, 5.41) is 0. The van der Waals surface area contributed by atoms with Crippen LogP contribution in [0.1, 0.15) is 25.8 Å². The van der Waals surface area contributed by atoms with Gasteiger partial charge in [-0.15, -0.1) is 0 Å². The Hall–Kier alpha value is -2.08. The molecule has 2 amide bonds. The second-order valence-electron chi connectivity index (χ2n) is 6.65. The van der Waals surface area contributed by atoms with E-state index in [-0.39, 0.29) is 30.6 Å². The van der Waals surface area contributed by atoms with E-state index in [0.29, 0.717) is 13.1 Å². The molecule has 1 aliphatic heterocycles. The molecular weight excluding hydrogens is 306 g/mol. The fourth-order valence-electron chi connectivity index (χ4n) is 2.72. The standard InChI is InChI=1S/C18H27N3O3/c1-13(2)16(19)17(22)21-10-9-15(11-21)20(3)18(23)24-12-14-7-5-4-6-8-14/h4-8,13,15-16H,9-12,19H2,1-3H3/t15-,16+/m1/s1. The van der Waals surface area contributed by atoms with Crippen LogP contribution >= 0.6 is 0 Å². The maximum absolute atomic E-state index is 12.3. The van der Waals surface area contributed by atoms with Crippen molar-refractivity contribution in [2.75, 3.05) is 20.1 Å². The summed E-state index contributed by atoms with van der Waals surface area (Å²) in [7, 11) is 1.72. The second-order valence-corrected chi connectivity index (χ2v) is 6.65. The molecule has 1 aromatic rings. The zero-order valence-electron chi connectivity index (χ0n) is 14.6. The maximum atomic E-state index is 12.3. The predicted octanol–water partition coefficient (Wildman–Crippen LogP) is 1.84. The van der Waals surface area contributed by atoms with Gasteiger partial charge in [-0.25, -0.2) is 4.79 Å². The molecule has 6 heteroatoms. The Bertz CT molecular complexity index is 562. The summed E-state index contributed by atoms with van der Waals surface area (Å²) in [6.07, 6.45) is 0.374. The molecule has 1 fully saturated rings. The lowest BCUT2D eigenvalue weighted by Crippen LogP contribution is -2.47. The van der Waals surface area contributed by atoms with Crippen molar-refractivity contribution < 1.29 is 14.3 Å². The largest absolute Gasteiger partial charge is 0.445 e. The van der Waals surface area contributed by atoms with Gasteiger partial charge in [0.05, 0.1) is 12.1 Å². The highest BCUT2D eigenvalue weighted by Gasteiger charge is 2.34. The maximum Gasteiger partial charge on any atom is 0.410 e. The van der Waals surface area contributed by atoms with Crippen molar-refractivity contribution >= 4 is 12.0 Å². The molecule has 6 nitrogen and oxygen atoms in total. The van der Waals surface area contributed by atoms with Gasteiger partial charge in [0.25, 0.3) is 0 Å². The fourth-order valence-corrected chi connectivity index (χ4v) is 2.72. The lowest BCUT2D eigenvalue weighted by molar-refractivity contribution is -0.132. The molecule has 24 heavy (non-hydrogen) atoms. The van der Waals surface area contributed by atoms with Crippen LogP contribution in [0.15, 0.2) is 30.3 Å². The average molecular weight is 333 g/mol. The van der Waals surface area contributed by atoms with Gasteiger partial charge in [-0.3, -0.25) is 4.79 Å². The van der Waals surface area contributed by atoms with Crippen LogP contribution in [0.3, 0.4) is 0 Å². The van der Waals surface area contributed by atoms with Gasteiger partial charge in [-0.05, 0) is 17.9 Å². The van der Waals surface area contributed by atoms with Crippen LogP contribution in [-0.4, -0.2) is 54.0 Å². The van der Waals surface area contributed by atoms with Gasteiger partial charge in [-0.1, -0.05) is 44.2 Å². The summed E-state index contributed by atoms with van der Waals surface area (Å²) in [6.45, 7) is 5.25. The van der Waals surface area contributed by atoms with Gasteiger partial charge in [0.15, 0.2) is 0 Å². The van der Waals surface area contributed by atoms with Crippen molar-refractivity contribution in [2.45, 2.75) is 39.0 Å². The molecule has 0 unspecified atom stereocenters. The highest BCUT2D eigenvalue weighted by Crippen LogP contribution is 2.17. The van der Waals surface area contributed by atoms with Crippen LogP contribution in [0.5, 0.6) is 0 Å². The van der Waals surface area contributed by atoms with Gasteiger partial charge < -0.3 is 20.3 Å². The Morgan fingerprint density at radius 3 is 2.62 bits per heavy atom. The summed E-state index contributed by atoms with van der Waals surface area (Å²) >= 11 is 0. The van der Waals surface area contributed by atoms with E-state index in [0.717, 1.165) is 12.0 Å². The first-order valence-electron chi connectivity index (χ1n) is 8.38. The van der Waals surface area contributed by atoms with Crippen LogP contribution in [0, 0.1) is 5.92 Å². The van der Waals surface area contributed by atoms with Crippen molar-refractivity contribution in [3.05, 3.63) is 35.9 Å². The number of benzene rings is 1. The average Bonchev–Trinajstić information content (AvgIpc) is 3.08. The Morgan fingerprint density at radius 1 is 1.33 bits per heavy atom. The van der Waals surface area contributed by atoms with Crippen molar-refractivity contribution in [1.29, 1.82) is 0 Å². The number of carbonyl (C=O) groups excluding carboxylic acids is 2. The highest BCUT2D eigenvalue weighted by atomic mass is 16.6. The van der Waals surface area contributed by atoms with Crippen molar-refractivity contribution in [3.8, 4) is 0 Å². The van der Waals surface area contributed by atoms with E-state index in [2.05, 4.69) is 0 Å². The number of likely N-dealkylation sites (N-methyl/N-ethyl adjacent to an activating group) is 1. The molecule has 1 saturated heterocycles. The van der Waals surface area contributed by atoms with Crippen LogP contribution in [0.4, 0.5) is 4.79 Å². The molecule has 0 bridgehead atoms. The lowest BCUT2D eigenvalue weighted by Gasteiger charge is -2.26. The molecule has 1 aromatic carbocycles. The van der Waals surface area contributed by atoms with E-state index < -0.39 is 6.04 Å². The molecule has 1 heterocycles. The van der Waals surface area contributed by atoms with E-state index in [1.165, 1.54) is 0 Å². The van der Waals surface area contributed by atoms with Crippen LogP contribution < -0.4 is 5.73 Å². The molecular formula is C18H27N3O3. The van der Waals surface area contributed by atoms with Crippen molar-refractivity contribution in [3.63, 3.8) is 0 Å². The molecule has 1 aliphatic rings. The molecule has 0 saturated carbocycles. The number of ether oxygens (including phenoxy) is 1. The topological polar surface area (TPSA) is 75.9 Å². The number of nitrogens with zero attached hydrogens (tertiary/aromatic N) is 2. The van der Waals surface area contributed by atoms with Gasteiger partial charge >= 0.3 is 6.09 Å². The molecule has 2 rings (SSSR count). The number of carbonyl (C=O) groups is 2. The van der Waals surface area contributed by atoms with Gasteiger partial charge in [0, 0.05) is 20.1 Å². The summed E-state index contributed by atoms with van der Waals surface area (Å²) in [4.78, 5) is 27.8. The second kappa shape index (κ2) is 8.15.